The van der Waals surface area contributed by atoms with Gasteiger partial charge in [-0.1, -0.05) is 32.0 Å². The number of hydrogen-bond acceptors (Lipinski definition) is 3. The lowest BCUT2D eigenvalue weighted by Gasteiger charge is -2.13. The van der Waals surface area contributed by atoms with Crippen molar-refractivity contribution in [1.82, 2.24) is 9.55 Å². The second-order valence-corrected chi connectivity index (χ2v) is 7.06. The average Bonchev–Trinajstić information content (AvgIpc) is 2.74. The van der Waals surface area contributed by atoms with Gasteiger partial charge < -0.3 is 9.67 Å². The number of halogens is 2. The maximum absolute atomic E-state index is 13.8. The second-order valence-electron chi connectivity index (χ2n) is 4.96. The first-order valence-corrected chi connectivity index (χ1v) is 8.68. The molecular weight excluding hydrogens is 406 g/mol. The first-order valence-electron chi connectivity index (χ1n) is 6.62. The van der Waals surface area contributed by atoms with Gasteiger partial charge in [-0.2, -0.15) is 0 Å². The number of benzene rings is 1. The van der Waals surface area contributed by atoms with E-state index in [1.807, 2.05) is 27.2 Å². The monoisotopic (exact) mass is 422 g/mol. The Labute approximate surface area is 140 Å². The predicted octanol–water partition coefficient (Wildman–Crippen LogP) is 4.00. The van der Waals surface area contributed by atoms with Gasteiger partial charge >= 0.3 is 5.97 Å². The van der Waals surface area contributed by atoms with Gasteiger partial charge in [-0.3, -0.25) is 4.79 Å². The number of thioether (sulfide) groups is 1. The highest BCUT2D eigenvalue weighted by atomic mass is 127. The van der Waals surface area contributed by atoms with Crippen LogP contribution in [0.4, 0.5) is 4.39 Å². The number of carboxylic acids is 1. The zero-order chi connectivity index (χ0) is 15.6. The molecule has 1 heterocycles. The number of hydrogen-bond donors (Lipinski definition) is 1. The largest absolute Gasteiger partial charge is 0.481 e. The molecule has 21 heavy (non-hydrogen) atoms. The van der Waals surface area contributed by atoms with Crippen LogP contribution in [0.1, 0.15) is 20.3 Å². The van der Waals surface area contributed by atoms with Crippen LogP contribution in [-0.4, -0.2) is 26.4 Å². The highest BCUT2D eigenvalue weighted by Crippen LogP contribution is 2.28. The Hall–Kier alpha value is -0.830. The first kappa shape index (κ1) is 16.5. The number of carboxylic acid groups (broad SMARTS) is 1. The lowest BCUT2D eigenvalue weighted by molar-refractivity contribution is -0.133. The fraction of sp³-hybridized carbons (Fsp3) is 0.429. The van der Waals surface area contributed by atoms with Crippen molar-refractivity contribution in [2.75, 3.05) is 5.75 Å². The number of carbonyl (C=O) groups is 1. The van der Waals surface area contributed by atoms with Crippen molar-refractivity contribution in [2.24, 2.45) is 5.92 Å². The molecule has 1 atom stereocenters. The highest BCUT2D eigenvalue weighted by Gasteiger charge is 2.16. The van der Waals surface area contributed by atoms with Crippen LogP contribution in [0.3, 0.4) is 0 Å². The van der Waals surface area contributed by atoms with Gasteiger partial charge in [0.2, 0.25) is 0 Å². The minimum Gasteiger partial charge on any atom is -0.481 e. The van der Waals surface area contributed by atoms with E-state index in [1.165, 1.54) is 17.8 Å². The van der Waals surface area contributed by atoms with Crippen molar-refractivity contribution in [1.29, 1.82) is 0 Å². The SMILES string of the molecule is CCC(C)Cn1c(SCC(=O)O)nc2cc(I)c(F)cc21. The van der Waals surface area contributed by atoms with Crippen LogP contribution in [0.5, 0.6) is 0 Å². The van der Waals surface area contributed by atoms with Gasteiger partial charge in [-0.05, 0) is 34.6 Å². The summed E-state index contributed by atoms with van der Waals surface area (Å²) < 4.78 is 16.3. The van der Waals surface area contributed by atoms with Crippen molar-refractivity contribution in [3.8, 4) is 0 Å². The molecule has 0 radical (unpaired) electrons. The van der Waals surface area contributed by atoms with Crippen LogP contribution >= 0.6 is 34.4 Å². The molecule has 114 valence electrons. The van der Waals surface area contributed by atoms with Crippen LogP contribution in [0.2, 0.25) is 0 Å². The van der Waals surface area contributed by atoms with Gasteiger partial charge in [-0.25, -0.2) is 9.37 Å². The Morgan fingerprint density at radius 3 is 2.90 bits per heavy atom. The average molecular weight is 422 g/mol. The number of nitrogens with zero attached hydrogens (tertiary/aromatic N) is 2. The second kappa shape index (κ2) is 6.95. The summed E-state index contributed by atoms with van der Waals surface area (Å²) in [4.78, 5) is 15.2. The summed E-state index contributed by atoms with van der Waals surface area (Å²) in [5.41, 5.74) is 1.43. The van der Waals surface area contributed by atoms with E-state index in [0.717, 1.165) is 11.9 Å². The van der Waals surface area contributed by atoms with Crippen LogP contribution in [0.15, 0.2) is 17.3 Å². The molecule has 1 aromatic carbocycles. The molecule has 0 saturated carbocycles. The third-order valence-electron chi connectivity index (χ3n) is 3.27. The normalized spacial score (nSPS) is 12.8. The molecule has 0 aliphatic heterocycles. The molecule has 1 unspecified atom stereocenters. The Morgan fingerprint density at radius 2 is 2.29 bits per heavy atom. The summed E-state index contributed by atoms with van der Waals surface area (Å²) in [5.74, 6) is -0.802. The summed E-state index contributed by atoms with van der Waals surface area (Å²) in [6.45, 7) is 4.91. The number of aromatic nitrogens is 2. The Kier molecular flexibility index (Phi) is 5.48. The van der Waals surface area contributed by atoms with E-state index in [-0.39, 0.29) is 11.6 Å². The molecule has 1 N–H and O–H groups in total. The summed E-state index contributed by atoms with van der Waals surface area (Å²) in [6.07, 6.45) is 0.996. The quantitative estimate of drug-likeness (QED) is 0.565. The maximum atomic E-state index is 13.8. The van der Waals surface area contributed by atoms with Crippen molar-refractivity contribution >= 4 is 51.4 Å². The van der Waals surface area contributed by atoms with E-state index in [0.29, 0.717) is 26.7 Å². The molecular formula is C14H16FIN2O2S. The summed E-state index contributed by atoms with van der Waals surface area (Å²) >= 11 is 3.11. The van der Waals surface area contributed by atoms with Crippen LogP contribution < -0.4 is 0 Å². The minimum absolute atomic E-state index is 0.0522. The number of fused-ring (bicyclic) bond motifs is 1. The lowest BCUT2D eigenvalue weighted by Crippen LogP contribution is -2.09. The van der Waals surface area contributed by atoms with Gasteiger partial charge in [0.05, 0.1) is 20.4 Å². The summed E-state index contributed by atoms with van der Waals surface area (Å²) in [5, 5.41) is 9.47. The number of imidazole rings is 1. The molecule has 0 aliphatic carbocycles. The van der Waals surface area contributed by atoms with Crippen molar-refractivity contribution in [2.45, 2.75) is 32.0 Å². The minimum atomic E-state index is -0.886. The van der Waals surface area contributed by atoms with Crippen molar-refractivity contribution in [3.63, 3.8) is 0 Å². The predicted molar refractivity (Wildman–Crippen MR) is 90.2 cm³/mol. The molecule has 0 bridgehead atoms. The summed E-state index contributed by atoms with van der Waals surface area (Å²) in [7, 11) is 0. The van der Waals surface area contributed by atoms with Gasteiger partial charge in [0, 0.05) is 12.6 Å². The number of rotatable bonds is 6. The number of aliphatic carboxylic acids is 1. The zero-order valence-electron chi connectivity index (χ0n) is 11.8. The van der Waals surface area contributed by atoms with Crippen LogP contribution in [-0.2, 0) is 11.3 Å². The first-order chi connectivity index (χ1) is 9.92. The summed E-state index contributed by atoms with van der Waals surface area (Å²) in [6, 6.07) is 3.18. The molecule has 2 rings (SSSR count). The lowest BCUT2D eigenvalue weighted by atomic mass is 10.1. The van der Waals surface area contributed by atoms with Gasteiger partial charge in [0.15, 0.2) is 5.16 Å². The maximum Gasteiger partial charge on any atom is 0.313 e. The molecule has 0 spiro atoms. The molecule has 0 aliphatic rings. The topological polar surface area (TPSA) is 55.1 Å². The van der Waals surface area contributed by atoms with E-state index in [9.17, 15) is 9.18 Å². The molecule has 4 nitrogen and oxygen atoms in total. The van der Waals surface area contributed by atoms with E-state index in [2.05, 4.69) is 18.8 Å². The molecule has 7 heteroatoms. The van der Waals surface area contributed by atoms with Gasteiger partial charge in [0.25, 0.3) is 0 Å². The van der Waals surface area contributed by atoms with Crippen molar-refractivity contribution < 1.29 is 14.3 Å². The van der Waals surface area contributed by atoms with E-state index in [4.69, 9.17) is 5.11 Å². The molecule has 0 saturated heterocycles. The highest BCUT2D eigenvalue weighted by molar-refractivity contribution is 14.1. The fourth-order valence-corrected chi connectivity index (χ4v) is 3.15. The van der Waals surface area contributed by atoms with Crippen molar-refractivity contribution in [3.05, 3.63) is 21.5 Å². The smallest absolute Gasteiger partial charge is 0.313 e. The third kappa shape index (κ3) is 3.88. The van der Waals surface area contributed by atoms with Crippen LogP contribution in [0, 0.1) is 15.3 Å². The molecule has 0 amide bonds. The Morgan fingerprint density at radius 1 is 1.57 bits per heavy atom. The van der Waals surface area contributed by atoms with E-state index < -0.39 is 5.97 Å². The van der Waals surface area contributed by atoms with E-state index in [1.54, 1.807) is 6.07 Å². The van der Waals surface area contributed by atoms with Gasteiger partial charge in [0.1, 0.15) is 5.82 Å². The molecule has 2 aromatic rings. The fourth-order valence-electron chi connectivity index (χ4n) is 1.95. The van der Waals surface area contributed by atoms with E-state index >= 15 is 0 Å². The molecule has 0 fully saturated rings. The zero-order valence-corrected chi connectivity index (χ0v) is 14.7. The Balaban J connectivity index is 2.48. The third-order valence-corrected chi connectivity index (χ3v) is 5.06. The standard InChI is InChI=1S/C14H16FIN2O2S/c1-3-8(2)6-18-12-4-9(15)10(16)5-11(12)17-14(18)21-7-13(19)20/h4-5,8H,3,6-7H2,1-2H3,(H,19,20). The molecule has 1 aromatic heterocycles. The van der Waals surface area contributed by atoms with Crippen LogP contribution in [0.25, 0.3) is 11.0 Å². The Bertz CT molecular complexity index is 675. The van der Waals surface area contributed by atoms with Gasteiger partial charge in [-0.15, -0.1) is 0 Å².